The Bertz CT molecular complexity index is 895. The van der Waals surface area contributed by atoms with E-state index in [2.05, 4.69) is 20.9 Å². The number of benzene rings is 2. The standard InChI is InChI=1S/C19H16BrNO5/c1-23-15-8-11(9-16(24-2)17(15)25-3)7-14-19(22)26-18(21-14)12-5-4-6-13(20)10-12/h4-10H,1-3H3/b14-7-. The molecule has 6 nitrogen and oxygen atoms in total. The number of esters is 1. The second-order valence-electron chi connectivity index (χ2n) is 5.31. The number of hydrogen-bond acceptors (Lipinski definition) is 6. The van der Waals surface area contributed by atoms with Crippen LogP contribution in [0.4, 0.5) is 0 Å². The minimum Gasteiger partial charge on any atom is -0.493 e. The van der Waals surface area contributed by atoms with Gasteiger partial charge in [0.05, 0.1) is 21.3 Å². The highest BCUT2D eigenvalue weighted by molar-refractivity contribution is 9.10. The average molecular weight is 418 g/mol. The molecule has 134 valence electrons. The largest absolute Gasteiger partial charge is 0.493 e. The molecular formula is C19H16BrNO5. The summed E-state index contributed by atoms with van der Waals surface area (Å²) in [5.41, 5.74) is 1.57. The van der Waals surface area contributed by atoms with Gasteiger partial charge in [0.25, 0.3) is 0 Å². The highest BCUT2D eigenvalue weighted by atomic mass is 79.9. The summed E-state index contributed by atoms with van der Waals surface area (Å²) in [6.45, 7) is 0. The monoisotopic (exact) mass is 417 g/mol. The second kappa shape index (κ2) is 7.61. The molecular weight excluding hydrogens is 402 g/mol. The smallest absolute Gasteiger partial charge is 0.363 e. The lowest BCUT2D eigenvalue weighted by Gasteiger charge is -2.12. The van der Waals surface area contributed by atoms with Gasteiger partial charge in [0.2, 0.25) is 11.6 Å². The number of aliphatic imine (C=N–C) groups is 1. The number of hydrogen-bond donors (Lipinski definition) is 0. The molecule has 0 radical (unpaired) electrons. The summed E-state index contributed by atoms with van der Waals surface area (Å²) in [5.74, 6) is 1.19. The van der Waals surface area contributed by atoms with Gasteiger partial charge < -0.3 is 18.9 Å². The van der Waals surface area contributed by atoms with E-state index in [1.165, 1.54) is 21.3 Å². The lowest BCUT2D eigenvalue weighted by molar-refractivity contribution is -0.129. The van der Waals surface area contributed by atoms with Crippen molar-refractivity contribution >= 4 is 33.9 Å². The molecule has 0 atom stereocenters. The van der Waals surface area contributed by atoms with Gasteiger partial charge in [0, 0.05) is 10.0 Å². The topological polar surface area (TPSA) is 66.4 Å². The van der Waals surface area contributed by atoms with Crippen molar-refractivity contribution in [1.82, 2.24) is 0 Å². The molecule has 0 aliphatic carbocycles. The van der Waals surface area contributed by atoms with Gasteiger partial charge in [0.15, 0.2) is 17.2 Å². The summed E-state index contributed by atoms with van der Waals surface area (Å²) in [4.78, 5) is 16.5. The highest BCUT2D eigenvalue weighted by Gasteiger charge is 2.24. The fourth-order valence-corrected chi connectivity index (χ4v) is 2.90. The van der Waals surface area contributed by atoms with Crippen LogP contribution in [0.5, 0.6) is 17.2 Å². The first-order valence-corrected chi connectivity index (χ1v) is 8.43. The Labute approximate surface area is 159 Å². The third kappa shape index (κ3) is 3.57. The maximum Gasteiger partial charge on any atom is 0.363 e. The Morgan fingerprint density at radius 3 is 2.31 bits per heavy atom. The second-order valence-corrected chi connectivity index (χ2v) is 6.22. The average Bonchev–Trinajstić information content (AvgIpc) is 3.01. The van der Waals surface area contributed by atoms with Gasteiger partial charge in [-0.2, -0.15) is 0 Å². The van der Waals surface area contributed by atoms with Crippen molar-refractivity contribution in [2.24, 2.45) is 4.99 Å². The molecule has 0 amide bonds. The minimum atomic E-state index is -0.520. The summed E-state index contributed by atoms with van der Waals surface area (Å²) in [6.07, 6.45) is 1.61. The van der Waals surface area contributed by atoms with Gasteiger partial charge in [-0.05, 0) is 42.0 Å². The van der Waals surface area contributed by atoms with Crippen LogP contribution in [-0.4, -0.2) is 33.2 Å². The number of carbonyl (C=O) groups is 1. The summed E-state index contributed by atoms with van der Waals surface area (Å²) in [5, 5.41) is 0. The maximum absolute atomic E-state index is 12.2. The highest BCUT2D eigenvalue weighted by Crippen LogP contribution is 2.39. The predicted molar refractivity (Wildman–Crippen MR) is 101 cm³/mol. The molecule has 7 heteroatoms. The number of halogens is 1. The number of rotatable bonds is 5. The molecule has 0 unspecified atom stereocenters. The van der Waals surface area contributed by atoms with Gasteiger partial charge in [-0.3, -0.25) is 0 Å². The summed E-state index contributed by atoms with van der Waals surface area (Å²) < 4.78 is 22.1. The van der Waals surface area contributed by atoms with Crippen LogP contribution in [0.1, 0.15) is 11.1 Å². The first-order chi connectivity index (χ1) is 12.5. The Morgan fingerprint density at radius 1 is 1.04 bits per heavy atom. The van der Waals surface area contributed by atoms with Gasteiger partial charge >= 0.3 is 5.97 Å². The van der Waals surface area contributed by atoms with Crippen molar-refractivity contribution in [2.75, 3.05) is 21.3 Å². The molecule has 1 heterocycles. The van der Waals surface area contributed by atoms with E-state index in [1.807, 2.05) is 24.3 Å². The fourth-order valence-electron chi connectivity index (χ4n) is 2.50. The van der Waals surface area contributed by atoms with E-state index < -0.39 is 5.97 Å². The van der Waals surface area contributed by atoms with Crippen LogP contribution in [0.3, 0.4) is 0 Å². The van der Waals surface area contributed by atoms with Gasteiger partial charge in [-0.25, -0.2) is 9.79 Å². The SMILES string of the molecule is COc1cc(/C=C2\N=C(c3cccc(Br)c3)OC2=O)cc(OC)c1OC. The van der Waals surface area contributed by atoms with Gasteiger partial charge in [-0.1, -0.05) is 22.0 Å². The quantitative estimate of drug-likeness (QED) is 0.546. The van der Waals surface area contributed by atoms with Crippen molar-refractivity contribution in [3.05, 3.63) is 57.7 Å². The van der Waals surface area contributed by atoms with Crippen molar-refractivity contribution in [3.8, 4) is 17.2 Å². The molecule has 0 fully saturated rings. The van der Waals surface area contributed by atoms with Crippen LogP contribution in [0.15, 0.2) is 51.6 Å². The van der Waals surface area contributed by atoms with Gasteiger partial charge in [-0.15, -0.1) is 0 Å². The number of methoxy groups -OCH3 is 3. The predicted octanol–water partition coefficient (Wildman–Crippen LogP) is 3.82. The van der Waals surface area contributed by atoms with Crippen molar-refractivity contribution in [2.45, 2.75) is 0 Å². The Kier molecular flexibility index (Phi) is 5.27. The summed E-state index contributed by atoms with van der Waals surface area (Å²) in [6, 6.07) is 10.8. The molecule has 2 aromatic carbocycles. The molecule has 1 aliphatic heterocycles. The van der Waals surface area contributed by atoms with Crippen molar-refractivity contribution < 1.29 is 23.7 Å². The van der Waals surface area contributed by atoms with Crippen LogP contribution >= 0.6 is 15.9 Å². The van der Waals surface area contributed by atoms with Crippen LogP contribution in [0.2, 0.25) is 0 Å². The van der Waals surface area contributed by atoms with E-state index in [4.69, 9.17) is 18.9 Å². The molecule has 0 aromatic heterocycles. The number of nitrogens with zero attached hydrogens (tertiary/aromatic N) is 1. The third-order valence-electron chi connectivity index (χ3n) is 3.68. The zero-order valence-electron chi connectivity index (χ0n) is 14.4. The van der Waals surface area contributed by atoms with Crippen LogP contribution < -0.4 is 14.2 Å². The zero-order valence-corrected chi connectivity index (χ0v) is 16.0. The minimum absolute atomic E-state index is 0.189. The number of carbonyl (C=O) groups excluding carboxylic acids is 1. The molecule has 0 saturated heterocycles. The first-order valence-electron chi connectivity index (χ1n) is 7.64. The zero-order chi connectivity index (χ0) is 18.7. The molecule has 26 heavy (non-hydrogen) atoms. The molecule has 2 aromatic rings. The maximum atomic E-state index is 12.2. The van der Waals surface area contributed by atoms with Crippen molar-refractivity contribution in [1.29, 1.82) is 0 Å². The van der Waals surface area contributed by atoms with Crippen LogP contribution in [0, 0.1) is 0 Å². The van der Waals surface area contributed by atoms with E-state index in [1.54, 1.807) is 18.2 Å². The molecule has 0 bridgehead atoms. The lowest BCUT2D eigenvalue weighted by atomic mass is 10.1. The van der Waals surface area contributed by atoms with Gasteiger partial charge in [0.1, 0.15) is 0 Å². The number of cyclic esters (lactones) is 1. The van der Waals surface area contributed by atoms with E-state index >= 15 is 0 Å². The molecule has 0 saturated carbocycles. The third-order valence-corrected chi connectivity index (χ3v) is 4.18. The van der Waals surface area contributed by atoms with E-state index in [0.29, 0.717) is 28.4 Å². The van der Waals surface area contributed by atoms with E-state index in [0.717, 1.165) is 4.47 Å². The molecule has 1 aliphatic rings. The Balaban J connectivity index is 2.00. The Morgan fingerprint density at radius 2 is 1.73 bits per heavy atom. The summed E-state index contributed by atoms with van der Waals surface area (Å²) >= 11 is 3.39. The van der Waals surface area contributed by atoms with Crippen LogP contribution in [-0.2, 0) is 9.53 Å². The number of ether oxygens (including phenoxy) is 4. The van der Waals surface area contributed by atoms with E-state index in [-0.39, 0.29) is 11.6 Å². The molecule has 0 spiro atoms. The van der Waals surface area contributed by atoms with E-state index in [9.17, 15) is 4.79 Å². The van der Waals surface area contributed by atoms with Crippen LogP contribution in [0.25, 0.3) is 6.08 Å². The first kappa shape index (κ1) is 18.0. The lowest BCUT2D eigenvalue weighted by Crippen LogP contribution is -2.05. The normalized spacial score (nSPS) is 14.8. The summed E-state index contributed by atoms with van der Waals surface area (Å²) in [7, 11) is 4.59. The Hall–Kier alpha value is -2.80. The molecule has 0 N–H and O–H groups in total. The van der Waals surface area contributed by atoms with Crippen molar-refractivity contribution in [3.63, 3.8) is 0 Å². The fraction of sp³-hybridized carbons (Fsp3) is 0.158. The molecule has 3 rings (SSSR count).